The molecule has 0 saturated carbocycles. The van der Waals surface area contributed by atoms with Gasteiger partial charge in [0.1, 0.15) is 5.75 Å². The first-order chi connectivity index (χ1) is 10.1. The highest BCUT2D eigenvalue weighted by atomic mass is 35.5. The van der Waals surface area contributed by atoms with Crippen LogP contribution in [0.25, 0.3) is 0 Å². The minimum atomic E-state index is -1.54. The molecule has 0 aliphatic rings. The van der Waals surface area contributed by atoms with Crippen LogP contribution < -0.4 is 10.2 Å². The second-order valence-corrected chi connectivity index (χ2v) is 5.00. The summed E-state index contributed by atoms with van der Waals surface area (Å²) in [6.45, 7) is 0.634. The molecule has 0 bridgehead atoms. The third-order valence-corrected chi connectivity index (χ3v) is 3.28. The largest absolute Gasteiger partial charge is 0.497 e. The predicted molar refractivity (Wildman–Crippen MR) is 82.8 cm³/mol. The summed E-state index contributed by atoms with van der Waals surface area (Å²) in [5, 5.41) is 19.4. The lowest BCUT2D eigenvalue weighted by Gasteiger charge is -2.11. The van der Waals surface area contributed by atoms with E-state index in [-0.39, 0.29) is 6.61 Å². The fourth-order valence-electron chi connectivity index (χ4n) is 1.99. The zero-order valence-corrected chi connectivity index (χ0v) is 12.4. The summed E-state index contributed by atoms with van der Waals surface area (Å²) >= 11 is 5.91. The lowest BCUT2D eigenvalue weighted by Crippen LogP contribution is -2.33. The van der Waals surface area contributed by atoms with E-state index in [9.17, 15) is 10.0 Å². The molecule has 0 unspecified atom stereocenters. The maximum atomic E-state index is 9.36. The lowest BCUT2D eigenvalue weighted by atomic mass is 9.77. The summed E-state index contributed by atoms with van der Waals surface area (Å²) in [4.78, 5) is 0. The number of rotatable bonds is 6. The SMILES string of the molecule is COc1ccc(B(O)O)c(COCc2cccc(Cl)c2)c1. The first-order valence-electron chi connectivity index (χ1n) is 6.45. The van der Waals surface area contributed by atoms with Crippen molar-refractivity contribution >= 4 is 24.2 Å². The van der Waals surface area contributed by atoms with Gasteiger partial charge in [0.25, 0.3) is 0 Å². The van der Waals surface area contributed by atoms with E-state index in [1.54, 1.807) is 31.4 Å². The second kappa shape index (κ2) is 7.47. The van der Waals surface area contributed by atoms with E-state index in [1.807, 2.05) is 18.2 Å². The van der Waals surface area contributed by atoms with Gasteiger partial charge in [-0.1, -0.05) is 29.8 Å². The molecule has 2 N–H and O–H groups in total. The normalized spacial score (nSPS) is 10.5. The second-order valence-electron chi connectivity index (χ2n) is 4.56. The van der Waals surface area contributed by atoms with E-state index in [2.05, 4.69) is 0 Å². The average Bonchev–Trinajstić information content (AvgIpc) is 2.47. The summed E-state index contributed by atoms with van der Waals surface area (Å²) in [5.74, 6) is 0.640. The van der Waals surface area contributed by atoms with Crippen LogP contribution in [0.4, 0.5) is 0 Å². The Labute approximate surface area is 129 Å². The van der Waals surface area contributed by atoms with Gasteiger partial charge in [-0.2, -0.15) is 0 Å². The van der Waals surface area contributed by atoms with Gasteiger partial charge in [0, 0.05) is 5.02 Å². The summed E-state index contributed by atoms with van der Waals surface area (Å²) in [7, 11) is 0.0155. The zero-order chi connectivity index (χ0) is 15.2. The first kappa shape index (κ1) is 15.9. The number of ether oxygens (including phenoxy) is 2. The van der Waals surface area contributed by atoms with Crippen molar-refractivity contribution in [2.24, 2.45) is 0 Å². The molecule has 110 valence electrons. The van der Waals surface area contributed by atoms with Gasteiger partial charge >= 0.3 is 7.12 Å². The highest BCUT2D eigenvalue weighted by molar-refractivity contribution is 6.59. The van der Waals surface area contributed by atoms with E-state index in [0.717, 1.165) is 5.56 Å². The van der Waals surface area contributed by atoms with Gasteiger partial charge in [-0.3, -0.25) is 0 Å². The van der Waals surface area contributed by atoms with Crippen LogP contribution in [0, 0.1) is 0 Å². The molecule has 0 spiro atoms. The lowest BCUT2D eigenvalue weighted by molar-refractivity contribution is 0.107. The fraction of sp³-hybridized carbons (Fsp3) is 0.200. The van der Waals surface area contributed by atoms with Crippen molar-refractivity contribution < 1.29 is 19.5 Å². The standard InChI is InChI=1S/C15H16BClO4/c1-20-14-5-6-15(16(18)19)12(8-14)10-21-9-11-3-2-4-13(17)7-11/h2-8,18-19H,9-10H2,1H3. The van der Waals surface area contributed by atoms with Crippen molar-refractivity contribution in [1.29, 1.82) is 0 Å². The van der Waals surface area contributed by atoms with Gasteiger partial charge in [0.2, 0.25) is 0 Å². The molecule has 0 radical (unpaired) electrons. The molecular formula is C15H16BClO4. The van der Waals surface area contributed by atoms with Crippen LogP contribution in [0.3, 0.4) is 0 Å². The Morgan fingerprint density at radius 1 is 1.10 bits per heavy atom. The van der Waals surface area contributed by atoms with E-state index in [1.165, 1.54) is 0 Å². The summed E-state index contributed by atoms with van der Waals surface area (Å²) in [6, 6.07) is 12.4. The Balaban J connectivity index is 2.04. The molecule has 2 rings (SSSR count). The molecule has 0 heterocycles. The summed E-state index contributed by atoms with van der Waals surface area (Å²) < 4.78 is 10.7. The van der Waals surface area contributed by atoms with Crippen molar-refractivity contribution in [3.05, 3.63) is 58.6 Å². The monoisotopic (exact) mass is 306 g/mol. The minimum Gasteiger partial charge on any atom is -0.497 e. The van der Waals surface area contributed by atoms with Crippen LogP contribution in [0.15, 0.2) is 42.5 Å². The van der Waals surface area contributed by atoms with Crippen molar-refractivity contribution in [2.75, 3.05) is 7.11 Å². The third kappa shape index (κ3) is 4.47. The number of hydrogen-bond acceptors (Lipinski definition) is 4. The van der Waals surface area contributed by atoms with Crippen LogP contribution in [-0.4, -0.2) is 24.3 Å². The molecule has 21 heavy (non-hydrogen) atoms. The molecule has 4 nitrogen and oxygen atoms in total. The Bertz CT molecular complexity index is 604. The van der Waals surface area contributed by atoms with Gasteiger partial charge < -0.3 is 19.5 Å². The van der Waals surface area contributed by atoms with E-state index in [0.29, 0.717) is 28.4 Å². The molecule has 0 aliphatic heterocycles. The molecule has 2 aromatic rings. The van der Waals surface area contributed by atoms with Crippen LogP contribution in [0.1, 0.15) is 11.1 Å². The van der Waals surface area contributed by atoms with Gasteiger partial charge in [0.05, 0.1) is 20.3 Å². The summed E-state index contributed by atoms with van der Waals surface area (Å²) in [6.07, 6.45) is 0. The average molecular weight is 307 g/mol. The van der Waals surface area contributed by atoms with Crippen LogP contribution in [-0.2, 0) is 18.0 Å². The Kier molecular flexibility index (Phi) is 5.64. The van der Waals surface area contributed by atoms with Gasteiger partial charge in [-0.15, -0.1) is 0 Å². The highest BCUT2D eigenvalue weighted by Gasteiger charge is 2.16. The molecule has 0 aromatic heterocycles. The number of methoxy groups -OCH3 is 1. The maximum absolute atomic E-state index is 9.36. The molecule has 0 fully saturated rings. The number of hydrogen-bond donors (Lipinski definition) is 2. The third-order valence-electron chi connectivity index (χ3n) is 3.04. The van der Waals surface area contributed by atoms with Crippen molar-refractivity contribution in [3.8, 4) is 5.75 Å². The molecule has 0 atom stereocenters. The fourth-order valence-corrected chi connectivity index (χ4v) is 2.20. The molecule has 6 heteroatoms. The van der Waals surface area contributed by atoms with Gasteiger partial charge in [-0.25, -0.2) is 0 Å². The minimum absolute atomic E-state index is 0.247. The van der Waals surface area contributed by atoms with Crippen molar-refractivity contribution in [1.82, 2.24) is 0 Å². The molecule has 0 aliphatic carbocycles. The first-order valence-corrected chi connectivity index (χ1v) is 6.83. The number of halogens is 1. The zero-order valence-electron chi connectivity index (χ0n) is 11.6. The number of benzene rings is 2. The molecular weight excluding hydrogens is 290 g/mol. The Morgan fingerprint density at radius 3 is 2.57 bits per heavy atom. The molecule has 0 amide bonds. The maximum Gasteiger partial charge on any atom is 0.488 e. The summed E-state index contributed by atoms with van der Waals surface area (Å²) in [5.41, 5.74) is 2.03. The van der Waals surface area contributed by atoms with Crippen LogP contribution in [0.5, 0.6) is 5.75 Å². The van der Waals surface area contributed by atoms with Gasteiger partial charge in [0.15, 0.2) is 0 Å². The quantitative estimate of drug-likeness (QED) is 0.798. The van der Waals surface area contributed by atoms with Crippen molar-refractivity contribution in [2.45, 2.75) is 13.2 Å². The topological polar surface area (TPSA) is 58.9 Å². The smallest absolute Gasteiger partial charge is 0.488 e. The van der Waals surface area contributed by atoms with Crippen LogP contribution in [0.2, 0.25) is 5.02 Å². The van der Waals surface area contributed by atoms with Gasteiger partial charge in [-0.05, 0) is 40.9 Å². The Morgan fingerprint density at radius 2 is 1.90 bits per heavy atom. The van der Waals surface area contributed by atoms with Crippen molar-refractivity contribution in [3.63, 3.8) is 0 Å². The highest BCUT2D eigenvalue weighted by Crippen LogP contribution is 2.15. The Hall–Kier alpha value is -1.53. The van der Waals surface area contributed by atoms with E-state index >= 15 is 0 Å². The predicted octanol–water partition coefficient (Wildman–Crippen LogP) is 1.75. The van der Waals surface area contributed by atoms with E-state index < -0.39 is 7.12 Å². The van der Waals surface area contributed by atoms with E-state index in [4.69, 9.17) is 21.1 Å². The van der Waals surface area contributed by atoms with Crippen LogP contribution >= 0.6 is 11.6 Å². The molecule has 2 aromatic carbocycles. The molecule has 0 saturated heterocycles.